The fourth-order valence-electron chi connectivity index (χ4n) is 2.87. The van der Waals surface area contributed by atoms with Gasteiger partial charge in [-0.3, -0.25) is 0 Å². The summed E-state index contributed by atoms with van der Waals surface area (Å²) < 4.78 is 6.07. The summed E-state index contributed by atoms with van der Waals surface area (Å²) in [5, 5.41) is 0. The van der Waals surface area contributed by atoms with Gasteiger partial charge < -0.3 is 4.74 Å². The van der Waals surface area contributed by atoms with E-state index in [-0.39, 0.29) is 0 Å². The maximum absolute atomic E-state index is 6.07. The Morgan fingerprint density at radius 2 is 1.21 bits per heavy atom. The normalized spacial score (nSPS) is 20.1. The third-order valence-electron chi connectivity index (χ3n) is 4.39. The second kappa shape index (κ2) is 11.4. The monoisotopic (exact) mass is 266 g/mol. The minimum absolute atomic E-state index is 0.479. The van der Waals surface area contributed by atoms with Crippen LogP contribution in [0.3, 0.4) is 0 Å². The number of allylic oxidation sites excluding steroid dienone is 1. The summed E-state index contributed by atoms with van der Waals surface area (Å²) in [6, 6.07) is 0. The van der Waals surface area contributed by atoms with Crippen molar-refractivity contribution in [3.63, 3.8) is 0 Å². The first-order chi connectivity index (χ1) is 9.36. The number of hydrogen-bond donors (Lipinski definition) is 0. The van der Waals surface area contributed by atoms with Crippen LogP contribution < -0.4 is 0 Å². The molecule has 1 rings (SSSR count). The van der Waals surface area contributed by atoms with Crippen molar-refractivity contribution in [2.24, 2.45) is 0 Å². The van der Waals surface area contributed by atoms with Crippen LogP contribution in [0.25, 0.3) is 0 Å². The average molecular weight is 266 g/mol. The molecule has 0 amide bonds. The van der Waals surface area contributed by atoms with Gasteiger partial charge in [0.05, 0.1) is 12.4 Å². The van der Waals surface area contributed by atoms with Gasteiger partial charge >= 0.3 is 0 Å². The molecule has 1 nitrogen and oxygen atoms in total. The van der Waals surface area contributed by atoms with Crippen molar-refractivity contribution in [3.8, 4) is 0 Å². The predicted molar refractivity (Wildman–Crippen MR) is 84.3 cm³/mol. The molecule has 0 saturated heterocycles. The van der Waals surface area contributed by atoms with Gasteiger partial charge in [-0.15, -0.1) is 0 Å². The van der Waals surface area contributed by atoms with Gasteiger partial charge in [0, 0.05) is 0 Å². The standard InChI is InChI=1S/C18H34O/c1-3-17(4-2)16-19-18-14-12-10-8-6-5-7-9-11-13-15-18/h16,18H,3-15H2,1-2H3. The van der Waals surface area contributed by atoms with Crippen molar-refractivity contribution in [2.45, 2.75) is 103 Å². The van der Waals surface area contributed by atoms with Gasteiger partial charge in [0.2, 0.25) is 0 Å². The van der Waals surface area contributed by atoms with E-state index in [0.29, 0.717) is 6.10 Å². The fourth-order valence-corrected chi connectivity index (χ4v) is 2.87. The summed E-state index contributed by atoms with van der Waals surface area (Å²) in [7, 11) is 0. The third-order valence-corrected chi connectivity index (χ3v) is 4.39. The third kappa shape index (κ3) is 8.34. The van der Waals surface area contributed by atoms with Crippen LogP contribution in [0.15, 0.2) is 11.8 Å². The molecule has 0 radical (unpaired) electrons. The molecule has 0 N–H and O–H groups in total. The topological polar surface area (TPSA) is 9.23 Å². The van der Waals surface area contributed by atoms with Crippen LogP contribution in [0.5, 0.6) is 0 Å². The van der Waals surface area contributed by atoms with Crippen LogP contribution in [-0.2, 0) is 4.74 Å². The van der Waals surface area contributed by atoms with Gasteiger partial charge in [0.25, 0.3) is 0 Å². The SMILES string of the molecule is CCC(=COC1CCCCCCCCCCC1)CC. The molecule has 1 aliphatic carbocycles. The van der Waals surface area contributed by atoms with Crippen molar-refractivity contribution >= 4 is 0 Å². The Bertz CT molecular complexity index is 214. The molecule has 19 heavy (non-hydrogen) atoms. The zero-order chi connectivity index (χ0) is 13.8. The number of hydrogen-bond acceptors (Lipinski definition) is 1. The van der Waals surface area contributed by atoms with Crippen molar-refractivity contribution < 1.29 is 4.74 Å². The van der Waals surface area contributed by atoms with E-state index < -0.39 is 0 Å². The van der Waals surface area contributed by atoms with Gasteiger partial charge in [-0.2, -0.15) is 0 Å². The maximum atomic E-state index is 6.07. The van der Waals surface area contributed by atoms with Crippen LogP contribution in [0, 0.1) is 0 Å². The van der Waals surface area contributed by atoms with Crippen LogP contribution >= 0.6 is 0 Å². The van der Waals surface area contributed by atoms with Gasteiger partial charge in [0.15, 0.2) is 0 Å². The number of rotatable bonds is 4. The first kappa shape index (κ1) is 16.6. The Kier molecular flexibility index (Phi) is 9.93. The quantitative estimate of drug-likeness (QED) is 0.536. The molecule has 112 valence electrons. The highest BCUT2D eigenvalue weighted by Crippen LogP contribution is 2.19. The molecular formula is C18H34O. The first-order valence-corrected chi connectivity index (χ1v) is 8.70. The second-order valence-electron chi connectivity index (χ2n) is 6.00. The molecule has 0 spiro atoms. The molecule has 1 heteroatoms. The predicted octanol–water partition coefficient (Wildman–Crippen LogP) is 6.38. The molecule has 0 unspecified atom stereocenters. The molecule has 0 aromatic heterocycles. The zero-order valence-electron chi connectivity index (χ0n) is 13.3. The molecule has 0 aromatic carbocycles. The van der Waals surface area contributed by atoms with Crippen LogP contribution in [0.2, 0.25) is 0 Å². The summed E-state index contributed by atoms with van der Waals surface area (Å²) in [5.41, 5.74) is 1.45. The molecule has 1 fully saturated rings. The van der Waals surface area contributed by atoms with E-state index in [1.807, 2.05) is 0 Å². The maximum Gasteiger partial charge on any atom is 0.0978 e. The number of ether oxygens (including phenoxy) is 1. The van der Waals surface area contributed by atoms with Crippen LogP contribution in [0.4, 0.5) is 0 Å². The van der Waals surface area contributed by atoms with E-state index in [0.717, 1.165) is 12.8 Å². The van der Waals surface area contributed by atoms with Crippen molar-refractivity contribution in [3.05, 3.63) is 11.8 Å². The van der Waals surface area contributed by atoms with Crippen LogP contribution in [-0.4, -0.2) is 6.10 Å². The second-order valence-corrected chi connectivity index (χ2v) is 6.00. The molecule has 0 aliphatic heterocycles. The minimum atomic E-state index is 0.479. The van der Waals surface area contributed by atoms with Crippen molar-refractivity contribution in [1.29, 1.82) is 0 Å². The summed E-state index contributed by atoms with van der Waals surface area (Å²) in [5.74, 6) is 0. The highest BCUT2D eigenvalue weighted by Gasteiger charge is 2.09. The van der Waals surface area contributed by atoms with E-state index in [4.69, 9.17) is 4.74 Å². The minimum Gasteiger partial charge on any atom is -0.498 e. The molecule has 0 bridgehead atoms. The smallest absolute Gasteiger partial charge is 0.0978 e. The Morgan fingerprint density at radius 3 is 1.63 bits per heavy atom. The largest absolute Gasteiger partial charge is 0.498 e. The van der Waals surface area contributed by atoms with E-state index in [1.54, 1.807) is 0 Å². The lowest BCUT2D eigenvalue weighted by atomic mass is 9.99. The summed E-state index contributed by atoms with van der Waals surface area (Å²) in [6.45, 7) is 4.44. The molecule has 1 saturated carbocycles. The first-order valence-electron chi connectivity index (χ1n) is 8.70. The zero-order valence-corrected chi connectivity index (χ0v) is 13.3. The van der Waals surface area contributed by atoms with Crippen molar-refractivity contribution in [2.75, 3.05) is 0 Å². The van der Waals surface area contributed by atoms with E-state index in [1.165, 1.54) is 76.2 Å². The molecule has 0 atom stereocenters. The fraction of sp³-hybridized carbons (Fsp3) is 0.889. The van der Waals surface area contributed by atoms with E-state index in [9.17, 15) is 0 Å². The Hall–Kier alpha value is -0.460. The van der Waals surface area contributed by atoms with Gasteiger partial charge in [-0.1, -0.05) is 58.8 Å². The Labute approximate surface area is 120 Å². The van der Waals surface area contributed by atoms with Gasteiger partial charge in [-0.25, -0.2) is 0 Å². The van der Waals surface area contributed by atoms with E-state index in [2.05, 4.69) is 20.1 Å². The molecule has 1 aliphatic rings. The molecule has 0 heterocycles. The highest BCUT2D eigenvalue weighted by molar-refractivity contribution is 4.95. The lowest BCUT2D eigenvalue weighted by Crippen LogP contribution is -2.10. The Balaban J connectivity index is 2.35. The summed E-state index contributed by atoms with van der Waals surface area (Å²) in [6.07, 6.45) is 20.0. The van der Waals surface area contributed by atoms with Crippen molar-refractivity contribution in [1.82, 2.24) is 0 Å². The summed E-state index contributed by atoms with van der Waals surface area (Å²) >= 11 is 0. The molecular weight excluding hydrogens is 232 g/mol. The van der Waals surface area contributed by atoms with Crippen LogP contribution in [0.1, 0.15) is 97.3 Å². The lowest BCUT2D eigenvalue weighted by Gasteiger charge is -2.18. The highest BCUT2D eigenvalue weighted by atomic mass is 16.5. The van der Waals surface area contributed by atoms with Gasteiger partial charge in [0.1, 0.15) is 0 Å². The Morgan fingerprint density at radius 1 is 0.789 bits per heavy atom. The molecule has 0 aromatic rings. The average Bonchev–Trinajstić information content (AvgIpc) is 2.42. The lowest BCUT2D eigenvalue weighted by molar-refractivity contribution is 0.118. The van der Waals surface area contributed by atoms with Gasteiger partial charge in [-0.05, 0) is 44.1 Å². The summed E-state index contributed by atoms with van der Waals surface area (Å²) in [4.78, 5) is 0. The van der Waals surface area contributed by atoms with E-state index >= 15 is 0 Å².